The second kappa shape index (κ2) is 2.10. The van der Waals surface area contributed by atoms with Crippen LogP contribution in [0.15, 0.2) is 24.0 Å². The maximum atomic E-state index is 5.17. The minimum absolute atomic E-state index is 0.431. The molecule has 1 saturated heterocycles. The Morgan fingerprint density at radius 1 is 1.78 bits per heavy atom. The van der Waals surface area contributed by atoms with Gasteiger partial charge in [0, 0.05) is 5.92 Å². The normalized spacial score (nSPS) is 31.1. The van der Waals surface area contributed by atoms with Gasteiger partial charge in [0.05, 0.1) is 12.0 Å². The Balaban J connectivity index is 2.23. The Morgan fingerprint density at radius 2 is 2.78 bits per heavy atom. The van der Waals surface area contributed by atoms with Crippen molar-refractivity contribution in [3.63, 3.8) is 0 Å². The second-order valence-corrected chi connectivity index (χ2v) is 2.64. The van der Waals surface area contributed by atoms with Gasteiger partial charge in [-0.25, -0.2) is 0 Å². The Kier molecular flexibility index (Phi) is 1.27. The van der Waals surface area contributed by atoms with E-state index in [4.69, 9.17) is 4.18 Å². The van der Waals surface area contributed by atoms with Gasteiger partial charge in [0.25, 0.3) is 0 Å². The van der Waals surface area contributed by atoms with Gasteiger partial charge < -0.3 is 4.18 Å². The molecule has 1 heterocycles. The van der Waals surface area contributed by atoms with Crippen molar-refractivity contribution in [2.45, 2.75) is 6.42 Å². The van der Waals surface area contributed by atoms with E-state index in [-0.39, 0.29) is 0 Å². The zero-order chi connectivity index (χ0) is 6.10. The van der Waals surface area contributed by atoms with Crippen LogP contribution in [0.1, 0.15) is 6.42 Å². The molecule has 0 N–H and O–H groups in total. The summed E-state index contributed by atoms with van der Waals surface area (Å²) < 4.78 is 5.17. The van der Waals surface area contributed by atoms with Gasteiger partial charge in [-0.2, -0.15) is 0 Å². The summed E-state index contributed by atoms with van der Waals surface area (Å²) in [5.74, 6) is 4.62. The number of allylic oxidation sites excluding steroid dienone is 4. The molecule has 0 aromatic rings. The first-order chi connectivity index (χ1) is 4.47. The molecular weight excluding hydrogens is 132 g/mol. The highest BCUT2D eigenvalue weighted by atomic mass is 32.2. The fraction of sp³-hybridized carbons (Fsp3) is 0.286. The molecule has 0 spiro atoms. The van der Waals surface area contributed by atoms with Crippen molar-refractivity contribution in [3.05, 3.63) is 29.7 Å². The second-order valence-electron chi connectivity index (χ2n) is 2.07. The molecule has 1 atom stereocenters. The Labute approximate surface area is 59.0 Å². The smallest absolute Gasteiger partial charge is 0.119 e. The monoisotopic (exact) mass is 138 g/mol. The van der Waals surface area contributed by atoms with Crippen molar-refractivity contribution in [2.24, 2.45) is 5.92 Å². The lowest BCUT2D eigenvalue weighted by molar-refractivity contribution is 0.454. The molecule has 0 aromatic carbocycles. The predicted octanol–water partition coefficient (Wildman–Crippen LogP) is 2.16. The van der Waals surface area contributed by atoms with Crippen molar-refractivity contribution in [1.29, 1.82) is 0 Å². The first-order valence-corrected chi connectivity index (χ1v) is 3.67. The lowest BCUT2D eigenvalue weighted by atomic mass is 10.0. The molecule has 1 aliphatic carbocycles. The molecule has 9 heavy (non-hydrogen) atoms. The van der Waals surface area contributed by atoms with Gasteiger partial charge in [-0.1, -0.05) is 12.2 Å². The molecule has 2 aliphatic rings. The van der Waals surface area contributed by atoms with Crippen LogP contribution in [0.25, 0.3) is 0 Å². The third-order valence-electron chi connectivity index (χ3n) is 1.44. The first kappa shape index (κ1) is 5.42. The minimum atomic E-state index is 0.431. The van der Waals surface area contributed by atoms with E-state index in [1.165, 1.54) is 12.0 Å². The van der Waals surface area contributed by atoms with Crippen LogP contribution >= 0.6 is 12.0 Å². The average Bonchev–Trinajstić information content (AvgIpc) is 2.33. The summed E-state index contributed by atoms with van der Waals surface area (Å²) in [6.45, 7) is 0. The van der Waals surface area contributed by atoms with Crippen molar-refractivity contribution in [3.8, 4) is 0 Å². The van der Waals surface area contributed by atoms with E-state index in [1.54, 1.807) is 0 Å². The Morgan fingerprint density at radius 3 is 3.67 bits per heavy atom. The van der Waals surface area contributed by atoms with Crippen molar-refractivity contribution in [2.75, 3.05) is 0 Å². The average molecular weight is 138 g/mol. The third kappa shape index (κ3) is 0.874. The molecule has 46 valence electrons. The van der Waals surface area contributed by atoms with Crippen LogP contribution in [0, 0.1) is 11.7 Å². The predicted molar refractivity (Wildman–Crippen MR) is 37.2 cm³/mol. The van der Waals surface area contributed by atoms with Crippen molar-refractivity contribution >= 4 is 12.0 Å². The summed E-state index contributed by atoms with van der Waals surface area (Å²) in [5, 5.41) is 0. The molecule has 1 fully saturated rings. The molecular formula is C7H6OS. The lowest BCUT2D eigenvalue weighted by Gasteiger charge is -2.06. The van der Waals surface area contributed by atoms with Crippen LogP contribution < -0.4 is 0 Å². The largest absolute Gasteiger partial charge is 0.429 e. The fourth-order valence-electron chi connectivity index (χ4n) is 0.932. The van der Waals surface area contributed by atoms with Gasteiger partial charge in [-0.15, -0.1) is 0 Å². The molecule has 1 nitrogen and oxygen atoms in total. The maximum absolute atomic E-state index is 5.17. The summed E-state index contributed by atoms with van der Waals surface area (Å²) in [6.07, 6.45) is 7.22. The highest BCUT2D eigenvalue weighted by Gasteiger charge is 2.24. The van der Waals surface area contributed by atoms with Crippen LogP contribution in [0.2, 0.25) is 0 Å². The molecule has 0 aromatic heterocycles. The Hall–Kier alpha value is -0.370. The summed E-state index contributed by atoms with van der Waals surface area (Å²) in [6, 6.07) is 0. The minimum Gasteiger partial charge on any atom is -0.429 e. The van der Waals surface area contributed by atoms with Crippen LogP contribution in [-0.4, -0.2) is 0 Å². The van der Waals surface area contributed by atoms with Crippen LogP contribution in [0.5, 0.6) is 0 Å². The van der Waals surface area contributed by atoms with Gasteiger partial charge in [-0.3, -0.25) is 0 Å². The first-order valence-electron chi connectivity index (χ1n) is 2.92. The van der Waals surface area contributed by atoms with E-state index in [1.807, 2.05) is 12.2 Å². The molecule has 2 heteroatoms. The van der Waals surface area contributed by atoms with E-state index in [2.05, 4.69) is 11.8 Å². The van der Waals surface area contributed by atoms with Gasteiger partial charge in [0.1, 0.15) is 11.5 Å². The van der Waals surface area contributed by atoms with Crippen molar-refractivity contribution < 1.29 is 4.18 Å². The van der Waals surface area contributed by atoms with Crippen LogP contribution in [0.3, 0.4) is 0 Å². The molecule has 1 unspecified atom stereocenters. The fourth-order valence-corrected chi connectivity index (χ4v) is 1.58. The summed E-state index contributed by atoms with van der Waals surface area (Å²) in [4.78, 5) is 0. The van der Waals surface area contributed by atoms with E-state index < -0.39 is 0 Å². The molecule has 0 bridgehead atoms. The summed E-state index contributed by atoms with van der Waals surface area (Å²) >= 11 is 1.32. The number of rotatable bonds is 0. The third-order valence-corrected chi connectivity index (χ3v) is 2.10. The maximum Gasteiger partial charge on any atom is 0.119 e. The van der Waals surface area contributed by atoms with Gasteiger partial charge in [0.15, 0.2) is 0 Å². The molecule has 0 amide bonds. The quantitative estimate of drug-likeness (QED) is 0.474. The van der Waals surface area contributed by atoms with E-state index in [9.17, 15) is 0 Å². The lowest BCUT2D eigenvalue weighted by Crippen LogP contribution is -1.97. The number of fused-ring (bicyclic) bond motifs is 1. The van der Waals surface area contributed by atoms with Gasteiger partial charge in [-0.05, 0) is 12.5 Å². The van der Waals surface area contributed by atoms with Crippen LogP contribution in [-0.2, 0) is 4.18 Å². The highest BCUT2D eigenvalue weighted by molar-refractivity contribution is 7.97. The Bertz CT molecular complexity index is 172. The number of hydrogen-bond acceptors (Lipinski definition) is 2. The molecule has 2 rings (SSSR count). The summed E-state index contributed by atoms with van der Waals surface area (Å²) in [7, 11) is 0. The molecule has 2 radical (unpaired) electrons. The molecule has 1 aliphatic heterocycles. The van der Waals surface area contributed by atoms with Crippen molar-refractivity contribution in [1.82, 2.24) is 0 Å². The highest BCUT2D eigenvalue weighted by Crippen LogP contribution is 2.38. The SMILES string of the molecule is [C]1SOC2=CC=CCC12. The van der Waals surface area contributed by atoms with Gasteiger partial charge >= 0.3 is 0 Å². The number of hydrogen-bond donors (Lipinski definition) is 0. The zero-order valence-corrected chi connectivity index (χ0v) is 5.65. The van der Waals surface area contributed by atoms with Gasteiger partial charge in [0.2, 0.25) is 0 Å². The zero-order valence-electron chi connectivity index (χ0n) is 4.83. The van der Waals surface area contributed by atoms with E-state index in [0.717, 1.165) is 12.2 Å². The standard InChI is InChI=1S/C7H6OS/c1-2-4-7-6(3-1)5-9-8-7/h1-2,4,6H,3H2. The van der Waals surface area contributed by atoms with E-state index in [0.29, 0.717) is 5.92 Å². The van der Waals surface area contributed by atoms with Crippen LogP contribution in [0.4, 0.5) is 0 Å². The van der Waals surface area contributed by atoms with E-state index >= 15 is 0 Å². The summed E-state index contributed by atoms with van der Waals surface area (Å²) in [5.41, 5.74) is 0. The molecule has 0 saturated carbocycles. The topological polar surface area (TPSA) is 9.23 Å².